The van der Waals surface area contributed by atoms with Crippen molar-refractivity contribution >= 4 is 40.3 Å². The number of carbonyl (C=O) groups is 1. The fourth-order valence-corrected chi connectivity index (χ4v) is 2.70. The molecule has 2 heterocycles. The minimum absolute atomic E-state index is 0.175. The monoisotopic (exact) mass is 304 g/mol. The molecular formula is C11H10Cl2N2O2S. The summed E-state index contributed by atoms with van der Waals surface area (Å²) < 4.78 is 7.08. The number of nitrogens with zero attached hydrogens (tertiary/aromatic N) is 2. The molecule has 0 unspecified atom stereocenters. The summed E-state index contributed by atoms with van der Waals surface area (Å²) in [4.78, 5) is 12.8. The van der Waals surface area contributed by atoms with Crippen molar-refractivity contribution < 1.29 is 9.53 Å². The van der Waals surface area contributed by atoms with Gasteiger partial charge in [0.1, 0.15) is 5.69 Å². The molecule has 0 radical (unpaired) electrons. The van der Waals surface area contributed by atoms with Crippen molar-refractivity contribution in [2.45, 2.75) is 6.54 Å². The molecule has 2 aromatic rings. The number of ketones is 1. The van der Waals surface area contributed by atoms with Crippen LogP contribution in [0.4, 0.5) is 0 Å². The van der Waals surface area contributed by atoms with Gasteiger partial charge < -0.3 is 4.74 Å². The first-order chi connectivity index (χ1) is 8.63. The maximum Gasteiger partial charge on any atom is 0.222 e. The molecule has 0 spiro atoms. The van der Waals surface area contributed by atoms with E-state index in [1.54, 1.807) is 23.9 Å². The molecule has 0 atom stereocenters. The number of hydrogen-bond donors (Lipinski definition) is 0. The molecule has 0 bridgehead atoms. The third kappa shape index (κ3) is 2.75. The number of hydrogen-bond acceptors (Lipinski definition) is 4. The number of thiophene rings is 1. The predicted molar refractivity (Wildman–Crippen MR) is 71.9 cm³/mol. The van der Waals surface area contributed by atoms with Crippen LogP contribution in [0.1, 0.15) is 15.4 Å². The van der Waals surface area contributed by atoms with E-state index in [0.29, 0.717) is 33.1 Å². The van der Waals surface area contributed by atoms with Gasteiger partial charge in [0.15, 0.2) is 0 Å². The van der Waals surface area contributed by atoms with Crippen LogP contribution >= 0.6 is 34.5 Å². The number of rotatable bonds is 5. The highest BCUT2D eigenvalue weighted by Crippen LogP contribution is 2.26. The molecule has 96 valence electrons. The zero-order valence-corrected chi connectivity index (χ0v) is 11.8. The van der Waals surface area contributed by atoms with Crippen LogP contribution in [-0.2, 0) is 11.3 Å². The maximum atomic E-state index is 12.3. The van der Waals surface area contributed by atoms with Gasteiger partial charge in [0.05, 0.1) is 33.6 Å². The lowest BCUT2D eigenvalue weighted by Crippen LogP contribution is -2.14. The smallest absolute Gasteiger partial charge is 0.222 e. The molecule has 4 nitrogen and oxygen atoms in total. The fourth-order valence-electron chi connectivity index (χ4n) is 1.49. The Balaban J connectivity index is 2.32. The molecule has 18 heavy (non-hydrogen) atoms. The molecule has 2 aromatic heterocycles. The standard InChI is InChI=1S/C11H10Cl2N2O2S/c1-17-5-4-15-10(7(12)6-14-15)11(16)8-2-3-9(13)18-8/h2-3,6H,4-5H2,1H3. The number of methoxy groups -OCH3 is 1. The Kier molecular flexibility index (Phi) is 4.40. The van der Waals surface area contributed by atoms with Gasteiger partial charge in [-0.1, -0.05) is 23.2 Å². The first-order valence-corrected chi connectivity index (χ1v) is 6.71. The van der Waals surface area contributed by atoms with Crippen molar-refractivity contribution in [2.24, 2.45) is 0 Å². The summed E-state index contributed by atoms with van der Waals surface area (Å²) in [7, 11) is 1.59. The van der Waals surface area contributed by atoms with Gasteiger partial charge >= 0.3 is 0 Å². The second-order valence-electron chi connectivity index (χ2n) is 3.49. The summed E-state index contributed by atoms with van der Waals surface area (Å²) in [5, 5.41) is 4.40. The van der Waals surface area contributed by atoms with Gasteiger partial charge in [-0.25, -0.2) is 0 Å². The molecule has 0 aromatic carbocycles. The van der Waals surface area contributed by atoms with Gasteiger partial charge in [-0.2, -0.15) is 5.10 Å². The van der Waals surface area contributed by atoms with Crippen molar-refractivity contribution in [3.05, 3.63) is 38.3 Å². The van der Waals surface area contributed by atoms with Crippen LogP contribution in [0.5, 0.6) is 0 Å². The van der Waals surface area contributed by atoms with Crippen molar-refractivity contribution in [1.29, 1.82) is 0 Å². The molecule has 0 fully saturated rings. The number of carbonyl (C=O) groups excluding carboxylic acids is 1. The van der Waals surface area contributed by atoms with Gasteiger partial charge in [-0.05, 0) is 12.1 Å². The summed E-state index contributed by atoms with van der Waals surface area (Å²) in [6, 6.07) is 3.36. The van der Waals surface area contributed by atoms with Crippen molar-refractivity contribution in [1.82, 2.24) is 9.78 Å². The molecule has 2 rings (SSSR count). The SMILES string of the molecule is COCCn1ncc(Cl)c1C(=O)c1ccc(Cl)s1. The van der Waals surface area contributed by atoms with E-state index in [-0.39, 0.29) is 5.78 Å². The molecule has 0 aliphatic heterocycles. The van der Waals surface area contributed by atoms with Crippen molar-refractivity contribution in [3.8, 4) is 0 Å². The topological polar surface area (TPSA) is 44.1 Å². The molecule has 0 saturated heterocycles. The van der Waals surface area contributed by atoms with Crippen molar-refractivity contribution in [2.75, 3.05) is 13.7 Å². The average molecular weight is 305 g/mol. The van der Waals surface area contributed by atoms with E-state index >= 15 is 0 Å². The van der Waals surface area contributed by atoms with Crippen molar-refractivity contribution in [3.63, 3.8) is 0 Å². The van der Waals surface area contributed by atoms with E-state index in [2.05, 4.69) is 5.10 Å². The van der Waals surface area contributed by atoms with Gasteiger partial charge in [0.2, 0.25) is 5.78 Å². The maximum absolute atomic E-state index is 12.3. The average Bonchev–Trinajstić information content (AvgIpc) is 2.92. The Morgan fingerprint density at radius 3 is 2.89 bits per heavy atom. The van der Waals surface area contributed by atoms with Gasteiger partial charge in [-0.3, -0.25) is 9.48 Å². The molecule has 0 aliphatic carbocycles. The van der Waals surface area contributed by atoms with Crippen LogP contribution in [0, 0.1) is 0 Å². The van der Waals surface area contributed by atoms with E-state index in [1.165, 1.54) is 17.5 Å². The molecule has 0 N–H and O–H groups in total. The Labute approximate surface area is 118 Å². The van der Waals surface area contributed by atoms with Crippen LogP contribution in [0.2, 0.25) is 9.36 Å². The van der Waals surface area contributed by atoms with E-state index in [4.69, 9.17) is 27.9 Å². The highest BCUT2D eigenvalue weighted by Gasteiger charge is 2.20. The molecule has 7 heteroatoms. The third-order valence-corrected chi connectivity index (χ3v) is 3.82. The van der Waals surface area contributed by atoms with E-state index in [0.717, 1.165) is 0 Å². The lowest BCUT2D eigenvalue weighted by molar-refractivity contribution is 0.102. The largest absolute Gasteiger partial charge is 0.383 e. The minimum Gasteiger partial charge on any atom is -0.383 e. The summed E-state index contributed by atoms with van der Waals surface area (Å²) in [5.74, 6) is -0.175. The second kappa shape index (κ2) is 5.84. The Bertz CT molecular complexity index is 565. The summed E-state index contributed by atoms with van der Waals surface area (Å²) in [6.45, 7) is 0.937. The highest BCUT2D eigenvalue weighted by molar-refractivity contribution is 7.18. The zero-order chi connectivity index (χ0) is 13.1. The second-order valence-corrected chi connectivity index (χ2v) is 5.61. The number of aromatic nitrogens is 2. The van der Waals surface area contributed by atoms with Gasteiger partial charge in [-0.15, -0.1) is 11.3 Å². The normalized spacial score (nSPS) is 10.8. The quantitative estimate of drug-likeness (QED) is 0.797. The Hall–Kier alpha value is -0.880. The third-order valence-electron chi connectivity index (χ3n) is 2.31. The zero-order valence-electron chi connectivity index (χ0n) is 9.52. The fraction of sp³-hybridized carbons (Fsp3) is 0.273. The van der Waals surface area contributed by atoms with E-state index in [9.17, 15) is 4.79 Å². The Morgan fingerprint density at radius 2 is 2.28 bits per heavy atom. The number of ether oxygens (including phenoxy) is 1. The first-order valence-electron chi connectivity index (χ1n) is 5.13. The predicted octanol–water partition coefficient (Wildman–Crippen LogP) is 3.13. The first kappa shape index (κ1) is 13.5. The van der Waals surface area contributed by atoms with Crippen LogP contribution < -0.4 is 0 Å². The van der Waals surface area contributed by atoms with Gasteiger partial charge in [0.25, 0.3) is 0 Å². The number of halogens is 2. The van der Waals surface area contributed by atoms with Gasteiger partial charge in [0, 0.05) is 7.11 Å². The Morgan fingerprint density at radius 1 is 1.50 bits per heavy atom. The van der Waals surface area contributed by atoms with Crippen LogP contribution in [-0.4, -0.2) is 29.3 Å². The minimum atomic E-state index is -0.175. The van der Waals surface area contributed by atoms with Crippen LogP contribution in [0.25, 0.3) is 0 Å². The highest BCUT2D eigenvalue weighted by atomic mass is 35.5. The lowest BCUT2D eigenvalue weighted by Gasteiger charge is -2.05. The molecular weight excluding hydrogens is 295 g/mol. The van der Waals surface area contributed by atoms with E-state index in [1.807, 2.05) is 0 Å². The summed E-state index contributed by atoms with van der Waals surface area (Å²) >= 11 is 13.0. The lowest BCUT2D eigenvalue weighted by atomic mass is 10.2. The molecule has 0 saturated carbocycles. The molecule has 0 amide bonds. The van der Waals surface area contributed by atoms with Crippen LogP contribution in [0.15, 0.2) is 18.3 Å². The molecule has 0 aliphatic rings. The van der Waals surface area contributed by atoms with E-state index < -0.39 is 0 Å². The summed E-state index contributed by atoms with van der Waals surface area (Å²) in [5.41, 5.74) is 0.368. The van der Waals surface area contributed by atoms with Crippen LogP contribution in [0.3, 0.4) is 0 Å². The summed E-state index contributed by atoms with van der Waals surface area (Å²) in [6.07, 6.45) is 1.46.